The van der Waals surface area contributed by atoms with Crippen LogP contribution in [0.2, 0.25) is 0 Å². The molecule has 0 unspecified atom stereocenters. The summed E-state index contributed by atoms with van der Waals surface area (Å²) in [7, 11) is 7.31. The quantitative estimate of drug-likeness (QED) is 0.199. The third-order valence-corrected chi connectivity index (χ3v) is 6.83. The summed E-state index contributed by atoms with van der Waals surface area (Å²) in [5.41, 5.74) is -0.939. The molecule has 0 fully saturated rings. The summed E-state index contributed by atoms with van der Waals surface area (Å²) in [6, 6.07) is 11.5. The molecule has 1 atom stereocenters. The highest BCUT2D eigenvalue weighted by Crippen LogP contribution is 2.32. The molecule has 3 heterocycles. The van der Waals surface area contributed by atoms with Crippen molar-refractivity contribution in [3.05, 3.63) is 105 Å². The summed E-state index contributed by atoms with van der Waals surface area (Å²) in [6.45, 7) is 9.27. The standard InChI is InChI=1S/C30H28F3N9O3/c1-18(28-38-37-24(45-28)17-42(4,5)6)36-27(43)25-26(23-14-15-35-40(23)21-12-10-20(34-2)11-13-21)39(3)41(29(25)44)22-9-7-8-19(16-22)30(31,32)33/h7-16,18H,17H2,1,3-6H3/p+1/t18-/m0/s1. The van der Waals surface area contributed by atoms with Gasteiger partial charge in [0.2, 0.25) is 5.89 Å². The SMILES string of the molecule is [C-]#[N+]c1ccc(-n2nccc2-c2c(C(=O)N[C@@H](C)c3nnc(C[N+](C)(C)C)o3)c(=O)n(-c3cccc(C(F)(F)F)c3)n2C)cc1. The minimum atomic E-state index is -4.66. The zero-order valence-electron chi connectivity index (χ0n) is 25.0. The van der Waals surface area contributed by atoms with E-state index in [1.165, 1.54) is 34.7 Å². The third kappa shape index (κ3) is 6.27. The molecule has 15 heteroatoms. The topological polar surface area (TPSA) is 117 Å². The maximum absolute atomic E-state index is 14.0. The average Bonchev–Trinajstić information content (AvgIpc) is 3.69. The number of amides is 1. The predicted molar refractivity (Wildman–Crippen MR) is 157 cm³/mol. The van der Waals surface area contributed by atoms with Gasteiger partial charge in [-0.3, -0.25) is 14.3 Å². The molecule has 5 aromatic rings. The summed E-state index contributed by atoms with van der Waals surface area (Å²) >= 11 is 0. The van der Waals surface area contributed by atoms with Gasteiger partial charge in [-0.15, -0.1) is 10.2 Å². The number of alkyl halides is 3. The highest BCUT2D eigenvalue weighted by atomic mass is 19.4. The van der Waals surface area contributed by atoms with Gasteiger partial charge in [-0.1, -0.05) is 18.2 Å². The molecule has 0 bridgehead atoms. The molecule has 0 aliphatic rings. The first kappa shape index (κ1) is 31.0. The number of rotatable bonds is 8. The van der Waals surface area contributed by atoms with E-state index in [-0.39, 0.29) is 22.8 Å². The molecule has 0 aliphatic carbocycles. The van der Waals surface area contributed by atoms with Crippen LogP contribution >= 0.6 is 0 Å². The van der Waals surface area contributed by atoms with Crippen LogP contribution in [-0.4, -0.2) is 60.9 Å². The minimum absolute atomic E-state index is 0.0881. The van der Waals surface area contributed by atoms with Gasteiger partial charge in [-0.05, 0) is 43.3 Å². The van der Waals surface area contributed by atoms with E-state index >= 15 is 0 Å². The van der Waals surface area contributed by atoms with Crippen LogP contribution < -0.4 is 10.9 Å². The second-order valence-electron chi connectivity index (χ2n) is 11.3. The Balaban J connectivity index is 1.63. The summed E-state index contributed by atoms with van der Waals surface area (Å²) < 4.78 is 50.9. The number of carbonyl (C=O) groups is 1. The lowest BCUT2D eigenvalue weighted by molar-refractivity contribution is -0.885. The van der Waals surface area contributed by atoms with Crippen LogP contribution in [0, 0.1) is 6.57 Å². The van der Waals surface area contributed by atoms with Crippen LogP contribution in [0.1, 0.15) is 40.7 Å². The summed E-state index contributed by atoms with van der Waals surface area (Å²) in [5, 5.41) is 15.2. The number of carbonyl (C=O) groups excluding carboxylic acids is 1. The fourth-order valence-electron chi connectivity index (χ4n) is 4.81. The van der Waals surface area contributed by atoms with Crippen LogP contribution in [-0.2, 0) is 19.8 Å². The Kier molecular flexibility index (Phi) is 7.94. The summed E-state index contributed by atoms with van der Waals surface area (Å²) in [6.07, 6.45) is -3.20. The van der Waals surface area contributed by atoms with Crippen LogP contribution in [0.25, 0.3) is 27.6 Å². The van der Waals surface area contributed by atoms with E-state index in [1.54, 1.807) is 37.3 Å². The van der Waals surface area contributed by atoms with Crippen molar-refractivity contribution >= 4 is 11.6 Å². The molecule has 45 heavy (non-hydrogen) atoms. The second kappa shape index (κ2) is 11.5. The van der Waals surface area contributed by atoms with Crippen LogP contribution in [0.3, 0.4) is 0 Å². The first-order valence-corrected chi connectivity index (χ1v) is 13.6. The van der Waals surface area contributed by atoms with Crippen LogP contribution in [0.4, 0.5) is 18.9 Å². The van der Waals surface area contributed by atoms with Gasteiger partial charge in [0.15, 0.2) is 12.2 Å². The van der Waals surface area contributed by atoms with E-state index in [2.05, 4.69) is 25.5 Å². The highest BCUT2D eigenvalue weighted by Gasteiger charge is 2.33. The van der Waals surface area contributed by atoms with Crippen molar-refractivity contribution in [2.45, 2.75) is 25.7 Å². The monoisotopic (exact) mass is 620 g/mol. The molecular weight excluding hydrogens is 591 g/mol. The Bertz CT molecular complexity index is 1970. The predicted octanol–water partition coefficient (Wildman–Crippen LogP) is 4.68. The number of hydrogen-bond acceptors (Lipinski definition) is 6. The minimum Gasteiger partial charge on any atom is -0.418 e. The van der Waals surface area contributed by atoms with E-state index in [0.717, 1.165) is 16.8 Å². The molecule has 232 valence electrons. The van der Waals surface area contributed by atoms with Crippen molar-refractivity contribution < 1.29 is 26.9 Å². The van der Waals surface area contributed by atoms with Gasteiger partial charge in [-0.25, -0.2) is 14.2 Å². The Morgan fingerprint density at radius 2 is 1.80 bits per heavy atom. The number of halogens is 3. The number of nitrogens with zero attached hydrogens (tertiary/aromatic N) is 8. The smallest absolute Gasteiger partial charge is 0.416 e. The van der Waals surface area contributed by atoms with E-state index in [9.17, 15) is 22.8 Å². The van der Waals surface area contributed by atoms with Crippen molar-refractivity contribution in [2.24, 2.45) is 7.05 Å². The number of quaternary nitrogens is 1. The number of hydrogen-bond donors (Lipinski definition) is 1. The lowest BCUT2D eigenvalue weighted by atomic mass is 10.1. The van der Waals surface area contributed by atoms with Gasteiger partial charge < -0.3 is 14.2 Å². The maximum atomic E-state index is 14.0. The molecule has 0 spiro atoms. The van der Waals surface area contributed by atoms with Crippen LogP contribution in [0.15, 0.2) is 70.0 Å². The van der Waals surface area contributed by atoms with E-state index in [4.69, 9.17) is 11.0 Å². The molecule has 0 radical (unpaired) electrons. The lowest BCUT2D eigenvalue weighted by Crippen LogP contribution is -2.33. The van der Waals surface area contributed by atoms with Crippen molar-refractivity contribution in [1.29, 1.82) is 0 Å². The second-order valence-corrected chi connectivity index (χ2v) is 11.3. The molecule has 1 amide bonds. The van der Waals surface area contributed by atoms with Crippen molar-refractivity contribution in [3.8, 4) is 22.8 Å². The van der Waals surface area contributed by atoms with E-state index in [1.807, 2.05) is 21.1 Å². The molecular formula is C30H29F3N9O3+. The van der Waals surface area contributed by atoms with Gasteiger partial charge in [0, 0.05) is 7.05 Å². The van der Waals surface area contributed by atoms with Crippen molar-refractivity contribution in [1.82, 2.24) is 34.7 Å². The first-order valence-electron chi connectivity index (χ1n) is 13.6. The van der Waals surface area contributed by atoms with Crippen molar-refractivity contribution in [2.75, 3.05) is 21.1 Å². The molecule has 12 nitrogen and oxygen atoms in total. The fraction of sp³-hybridized carbons (Fsp3) is 0.267. The Hall–Kier alpha value is -5.49. The molecule has 0 aliphatic heterocycles. The van der Waals surface area contributed by atoms with E-state index < -0.39 is 29.2 Å². The van der Waals surface area contributed by atoms with Crippen molar-refractivity contribution in [3.63, 3.8) is 0 Å². The molecule has 2 aromatic carbocycles. The molecule has 1 N–H and O–H groups in total. The van der Waals surface area contributed by atoms with Gasteiger partial charge in [0.25, 0.3) is 17.4 Å². The maximum Gasteiger partial charge on any atom is 0.416 e. The average molecular weight is 621 g/mol. The summed E-state index contributed by atoms with van der Waals surface area (Å²) in [5.74, 6) is -0.335. The fourth-order valence-corrected chi connectivity index (χ4v) is 4.81. The number of aromatic nitrogens is 6. The molecule has 0 saturated heterocycles. The first-order chi connectivity index (χ1) is 21.2. The Morgan fingerprint density at radius 1 is 1.09 bits per heavy atom. The molecule has 5 rings (SSSR count). The molecule has 3 aromatic heterocycles. The van der Waals surface area contributed by atoms with Gasteiger partial charge in [-0.2, -0.15) is 18.3 Å². The Labute approximate surface area is 255 Å². The number of nitrogens with one attached hydrogen (secondary N) is 1. The van der Waals surface area contributed by atoms with Gasteiger partial charge >= 0.3 is 6.18 Å². The normalized spacial score (nSPS) is 12.6. The van der Waals surface area contributed by atoms with Crippen LogP contribution in [0.5, 0.6) is 0 Å². The third-order valence-electron chi connectivity index (χ3n) is 6.83. The summed E-state index contributed by atoms with van der Waals surface area (Å²) in [4.78, 5) is 31.3. The Morgan fingerprint density at radius 3 is 2.44 bits per heavy atom. The zero-order chi connectivity index (χ0) is 32.7. The lowest BCUT2D eigenvalue weighted by Gasteiger charge is -2.21. The van der Waals surface area contributed by atoms with Gasteiger partial charge in [0.05, 0.1) is 56.5 Å². The highest BCUT2D eigenvalue weighted by molar-refractivity contribution is 6.00. The zero-order valence-corrected chi connectivity index (χ0v) is 25.0. The largest absolute Gasteiger partial charge is 0.418 e. The molecule has 0 saturated carbocycles. The number of benzene rings is 2. The van der Waals surface area contributed by atoms with Gasteiger partial charge in [0.1, 0.15) is 17.3 Å². The van der Waals surface area contributed by atoms with E-state index in [0.29, 0.717) is 34.0 Å².